The van der Waals surface area contributed by atoms with Gasteiger partial charge in [0.2, 0.25) is 11.8 Å². The van der Waals surface area contributed by atoms with Crippen LogP contribution in [0, 0.1) is 0 Å². The van der Waals surface area contributed by atoms with Crippen LogP contribution in [0.5, 0.6) is 0 Å². The Morgan fingerprint density at radius 2 is 2.21 bits per heavy atom. The lowest BCUT2D eigenvalue weighted by Crippen LogP contribution is -2.30. The molecular weight excluding hydrogens is 398 g/mol. The van der Waals surface area contributed by atoms with E-state index in [1.807, 2.05) is 35.1 Å². The van der Waals surface area contributed by atoms with Crippen LogP contribution in [0.25, 0.3) is 0 Å². The molecule has 2 amide bonds. The maximum absolute atomic E-state index is 12.4. The monoisotopic (exact) mass is 419 g/mol. The van der Waals surface area contributed by atoms with Gasteiger partial charge < -0.3 is 15.5 Å². The number of primary amides is 1. The van der Waals surface area contributed by atoms with Gasteiger partial charge in [0.15, 0.2) is 5.16 Å². The van der Waals surface area contributed by atoms with Gasteiger partial charge >= 0.3 is 0 Å². The second-order valence-electron chi connectivity index (χ2n) is 6.09. The third-order valence-corrected chi connectivity index (χ3v) is 5.91. The average Bonchev–Trinajstić information content (AvgIpc) is 3.42. The van der Waals surface area contributed by atoms with Crippen LogP contribution in [0.1, 0.15) is 29.8 Å². The van der Waals surface area contributed by atoms with Crippen molar-refractivity contribution in [2.45, 2.75) is 43.3 Å². The quantitative estimate of drug-likeness (QED) is 0.487. The van der Waals surface area contributed by atoms with Crippen LogP contribution in [-0.4, -0.2) is 31.8 Å². The summed E-state index contributed by atoms with van der Waals surface area (Å²) in [6.45, 7) is 2.74. The lowest BCUT2D eigenvalue weighted by Gasteiger charge is -2.13. The van der Waals surface area contributed by atoms with Crippen LogP contribution in [0.3, 0.4) is 0 Å². The number of aryl methyl sites for hydroxylation is 1. The van der Waals surface area contributed by atoms with Gasteiger partial charge in [0.1, 0.15) is 11.6 Å². The molecule has 0 aliphatic heterocycles. The summed E-state index contributed by atoms with van der Waals surface area (Å²) in [7, 11) is 0. The third kappa shape index (κ3) is 5.46. The Hall–Kier alpha value is -2.59. The molecule has 28 heavy (non-hydrogen) atoms. The predicted molar refractivity (Wildman–Crippen MR) is 107 cm³/mol. The van der Waals surface area contributed by atoms with E-state index in [0.29, 0.717) is 30.5 Å². The zero-order valence-corrected chi connectivity index (χ0v) is 17.0. The molecule has 8 nitrogen and oxygen atoms in total. The fraction of sp³-hybridized carbons (Fsp3) is 0.333. The molecule has 0 aromatic carbocycles. The van der Waals surface area contributed by atoms with Crippen LogP contribution in [-0.2, 0) is 29.1 Å². The Bertz CT molecular complexity index is 906. The fourth-order valence-corrected chi connectivity index (χ4v) is 4.02. The van der Waals surface area contributed by atoms with E-state index in [2.05, 4.69) is 15.5 Å². The lowest BCUT2D eigenvalue weighted by molar-refractivity contribution is -0.120. The van der Waals surface area contributed by atoms with Crippen molar-refractivity contribution in [1.29, 1.82) is 0 Å². The van der Waals surface area contributed by atoms with Crippen molar-refractivity contribution in [1.82, 2.24) is 20.1 Å². The number of nitrogens with two attached hydrogens (primary N) is 1. The first kappa shape index (κ1) is 20.2. The highest BCUT2D eigenvalue weighted by Crippen LogP contribution is 2.24. The maximum atomic E-state index is 12.4. The SMILES string of the molecule is CC(Sc1nnc(CCC(N)=O)n1Cc1ccco1)C(=O)NCc1cccs1. The fourth-order valence-electron chi connectivity index (χ4n) is 2.49. The molecule has 3 aromatic rings. The summed E-state index contributed by atoms with van der Waals surface area (Å²) in [6.07, 6.45) is 2.15. The van der Waals surface area contributed by atoms with E-state index in [0.717, 1.165) is 10.6 Å². The topological polar surface area (TPSA) is 116 Å². The van der Waals surface area contributed by atoms with Crippen LogP contribution in [0.4, 0.5) is 0 Å². The van der Waals surface area contributed by atoms with Gasteiger partial charge in [-0.05, 0) is 30.5 Å². The molecule has 10 heteroatoms. The van der Waals surface area contributed by atoms with Gasteiger partial charge in [0.05, 0.1) is 24.6 Å². The van der Waals surface area contributed by atoms with Crippen LogP contribution < -0.4 is 11.1 Å². The third-order valence-electron chi connectivity index (χ3n) is 3.95. The minimum atomic E-state index is -0.400. The molecule has 3 heterocycles. The Morgan fingerprint density at radius 3 is 2.89 bits per heavy atom. The highest BCUT2D eigenvalue weighted by atomic mass is 32.2. The predicted octanol–water partition coefficient (Wildman–Crippen LogP) is 2.20. The normalized spacial score (nSPS) is 12.0. The largest absolute Gasteiger partial charge is 0.467 e. The first-order chi connectivity index (χ1) is 13.5. The minimum Gasteiger partial charge on any atom is -0.467 e. The van der Waals surface area contributed by atoms with E-state index in [-0.39, 0.29) is 17.6 Å². The van der Waals surface area contributed by atoms with Crippen molar-refractivity contribution in [3.63, 3.8) is 0 Å². The van der Waals surface area contributed by atoms with Crippen LogP contribution in [0.15, 0.2) is 45.5 Å². The number of nitrogens with zero attached hydrogens (tertiary/aromatic N) is 3. The van der Waals surface area contributed by atoms with E-state index in [1.165, 1.54) is 11.8 Å². The van der Waals surface area contributed by atoms with Crippen LogP contribution in [0.2, 0.25) is 0 Å². The highest BCUT2D eigenvalue weighted by Gasteiger charge is 2.21. The summed E-state index contributed by atoms with van der Waals surface area (Å²) >= 11 is 2.92. The number of rotatable bonds is 10. The van der Waals surface area contributed by atoms with Gasteiger partial charge in [-0.15, -0.1) is 21.5 Å². The zero-order chi connectivity index (χ0) is 19.9. The molecule has 1 atom stereocenters. The second kappa shape index (κ2) is 9.56. The highest BCUT2D eigenvalue weighted by molar-refractivity contribution is 8.00. The van der Waals surface area contributed by atoms with Crippen molar-refractivity contribution >= 4 is 34.9 Å². The number of carbonyl (C=O) groups is 2. The molecule has 0 spiro atoms. The van der Waals surface area contributed by atoms with Gasteiger partial charge in [-0.25, -0.2) is 0 Å². The average molecular weight is 420 g/mol. The minimum absolute atomic E-state index is 0.0790. The molecule has 0 aliphatic rings. The molecule has 0 saturated carbocycles. The molecule has 0 radical (unpaired) electrons. The van der Waals surface area contributed by atoms with Gasteiger partial charge in [-0.2, -0.15) is 0 Å². The number of thioether (sulfide) groups is 1. The van der Waals surface area contributed by atoms with Gasteiger partial charge in [-0.1, -0.05) is 17.8 Å². The number of nitrogens with one attached hydrogen (secondary N) is 1. The maximum Gasteiger partial charge on any atom is 0.233 e. The molecule has 0 aliphatic carbocycles. The molecule has 0 bridgehead atoms. The molecule has 0 saturated heterocycles. The number of amides is 2. The summed E-state index contributed by atoms with van der Waals surface area (Å²) in [5, 5.41) is 13.5. The van der Waals surface area contributed by atoms with Gasteiger partial charge in [0.25, 0.3) is 0 Å². The standard InChI is InChI=1S/C18H21N5O3S2/c1-12(17(25)20-10-14-5-3-9-27-14)28-18-22-21-16(7-6-15(19)24)23(18)11-13-4-2-8-26-13/h2-5,8-9,12H,6-7,10-11H2,1H3,(H2,19,24)(H,20,25). The van der Waals surface area contributed by atoms with Gasteiger partial charge in [-0.3, -0.25) is 14.2 Å². The Kier molecular flexibility index (Phi) is 6.88. The van der Waals surface area contributed by atoms with Crippen molar-refractivity contribution in [3.05, 3.63) is 52.4 Å². The van der Waals surface area contributed by atoms with E-state index >= 15 is 0 Å². The van der Waals surface area contributed by atoms with Crippen molar-refractivity contribution in [2.75, 3.05) is 0 Å². The Balaban J connectivity index is 1.68. The number of furan rings is 1. The molecule has 3 rings (SSSR count). The molecule has 148 valence electrons. The van der Waals surface area contributed by atoms with E-state index < -0.39 is 5.91 Å². The molecule has 3 aromatic heterocycles. The summed E-state index contributed by atoms with van der Waals surface area (Å²) in [5.41, 5.74) is 5.25. The zero-order valence-electron chi connectivity index (χ0n) is 15.3. The van der Waals surface area contributed by atoms with Gasteiger partial charge in [0, 0.05) is 17.7 Å². The molecule has 3 N–H and O–H groups in total. The molecule has 0 fully saturated rings. The summed E-state index contributed by atoms with van der Waals surface area (Å²) < 4.78 is 7.28. The Morgan fingerprint density at radius 1 is 1.36 bits per heavy atom. The Labute approximate surface area is 170 Å². The number of thiophene rings is 1. The molecular formula is C18H21N5O3S2. The van der Waals surface area contributed by atoms with Crippen molar-refractivity contribution < 1.29 is 14.0 Å². The summed E-state index contributed by atoms with van der Waals surface area (Å²) in [4.78, 5) is 24.7. The number of hydrogen-bond acceptors (Lipinski definition) is 7. The summed E-state index contributed by atoms with van der Waals surface area (Å²) in [5.74, 6) is 0.883. The number of carbonyl (C=O) groups excluding carboxylic acids is 2. The summed E-state index contributed by atoms with van der Waals surface area (Å²) in [6, 6.07) is 7.59. The number of hydrogen-bond donors (Lipinski definition) is 2. The smallest absolute Gasteiger partial charge is 0.233 e. The second-order valence-corrected chi connectivity index (χ2v) is 8.43. The first-order valence-electron chi connectivity index (χ1n) is 8.72. The van der Waals surface area contributed by atoms with Crippen molar-refractivity contribution in [2.24, 2.45) is 5.73 Å². The van der Waals surface area contributed by atoms with E-state index in [9.17, 15) is 9.59 Å². The molecule has 1 unspecified atom stereocenters. The first-order valence-corrected chi connectivity index (χ1v) is 10.5. The van der Waals surface area contributed by atoms with E-state index in [1.54, 1.807) is 23.7 Å². The lowest BCUT2D eigenvalue weighted by atomic mass is 10.3. The number of aromatic nitrogens is 3. The van der Waals surface area contributed by atoms with E-state index in [4.69, 9.17) is 10.2 Å². The van der Waals surface area contributed by atoms with Crippen LogP contribution >= 0.6 is 23.1 Å². The van der Waals surface area contributed by atoms with Crippen molar-refractivity contribution in [3.8, 4) is 0 Å².